The van der Waals surface area contributed by atoms with Gasteiger partial charge in [-0.05, 0) is 30.2 Å². The third-order valence-electron chi connectivity index (χ3n) is 4.75. The van der Waals surface area contributed by atoms with Crippen LogP contribution in [0.1, 0.15) is 46.1 Å². The fourth-order valence-electron chi connectivity index (χ4n) is 2.88. The van der Waals surface area contributed by atoms with Gasteiger partial charge in [-0.25, -0.2) is 4.79 Å². The molecule has 0 saturated carbocycles. The maximum atomic E-state index is 12.7. The highest BCUT2D eigenvalue weighted by molar-refractivity contribution is 5.92. The fourth-order valence-corrected chi connectivity index (χ4v) is 2.88. The van der Waals surface area contributed by atoms with Gasteiger partial charge in [0.1, 0.15) is 12.1 Å². The van der Waals surface area contributed by atoms with E-state index in [4.69, 9.17) is 5.73 Å². The predicted octanol–water partition coefficient (Wildman–Crippen LogP) is 1.70. The van der Waals surface area contributed by atoms with Crippen molar-refractivity contribution in [3.8, 4) is 0 Å². The van der Waals surface area contributed by atoms with Gasteiger partial charge in [0.15, 0.2) is 0 Å². The Morgan fingerprint density at radius 2 is 1.64 bits per heavy atom. The largest absolute Gasteiger partial charge is 0.480 e. The Hall–Kier alpha value is -2.41. The van der Waals surface area contributed by atoms with E-state index >= 15 is 0 Å². The van der Waals surface area contributed by atoms with Crippen molar-refractivity contribution in [1.29, 1.82) is 0 Å². The van der Waals surface area contributed by atoms with E-state index < -0.39 is 35.9 Å². The van der Waals surface area contributed by atoms with Crippen molar-refractivity contribution in [3.05, 3.63) is 35.9 Å². The van der Waals surface area contributed by atoms with Crippen molar-refractivity contribution in [1.82, 2.24) is 10.6 Å². The van der Waals surface area contributed by atoms with Gasteiger partial charge in [0.05, 0.1) is 6.04 Å². The molecule has 7 nitrogen and oxygen atoms in total. The number of rotatable bonds is 11. The predicted molar refractivity (Wildman–Crippen MR) is 109 cm³/mol. The molecule has 0 bridgehead atoms. The fraction of sp³-hybridized carbons (Fsp3) is 0.571. The van der Waals surface area contributed by atoms with E-state index in [9.17, 15) is 19.5 Å². The molecule has 156 valence electrons. The molecule has 5 N–H and O–H groups in total. The van der Waals surface area contributed by atoms with Crippen LogP contribution in [-0.4, -0.2) is 41.0 Å². The lowest BCUT2D eigenvalue weighted by atomic mass is 9.96. The van der Waals surface area contributed by atoms with E-state index in [-0.39, 0.29) is 11.8 Å². The zero-order chi connectivity index (χ0) is 21.3. The summed E-state index contributed by atoms with van der Waals surface area (Å²) < 4.78 is 0. The summed E-state index contributed by atoms with van der Waals surface area (Å²) in [5.74, 6) is -2.07. The normalized spacial score (nSPS) is 15.4. The molecular formula is C21H33N3O4. The molecular weight excluding hydrogens is 358 g/mol. The molecule has 0 aromatic heterocycles. The average molecular weight is 392 g/mol. The molecule has 4 atom stereocenters. The number of benzene rings is 1. The molecule has 0 radical (unpaired) electrons. The number of carbonyl (C=O) groups excluding carboxylic acids is 2. The molecule has 7 heteroatoms. The SMILES string of the molecule is CC[C@H](C)[C@H](NC(=O)[C@@H](N)Cc1ccccc1)C(=O)N[C@@H](CC(C)C)C(=O)O. The highest BCUT2D eigenvalue weighted by Crippen LogP contribution is 2.11. The van der Waals surface area contributed by atoms with Crippen molar-refractivity contribution in [3.63, 3.8) is 0 Å². The number of aliphatic carboxylic acids is 1. The van der Waals surface area contributed by atoms with Crippen LogP contribution in [0.3, 0.4) is 0 Å². The van der Waals surface area contributed by atoms with Crippen LogP contribution in [0.15, 0.2) is 30.3 Å². The van der Waals surface area contributed by atoms with Crippen LogP contribution >= 0.6 is 0 Å². The highest BCUT2D eigenvalue weighted by atomic mass is 16.4. The van der Waals surface area contributed by atoms with Crippen LogP contribution in [0.25, 0.3) is 0 Å². The monoisotopic (exact) mass is 391 g/mol. The first-order chi connectivity index (χ1) is 13.1. The summed E-state index contributed by atoms with van der Waals surface area (Å²) in [5.41, 5.74) is 6.95. The molecule has 0 aliphatic carbocycles. The molecule has 0 saturated heterocycles. The van der Waals surface area contributed by atoms with Gasteiger partial charge in [0.2, 0.25) is 11.8 Å². The number of carbonyl (C=O) groups is 3. The zero-order valence-corrected chi connectivity index (χ0v) is 17.1. The second kappa shape index (κ2) is 11.4. The minimum Gasteiger partial charge on any atom is -0.480 e. The van der Waals surface area contributed by atoms with E-state index in [1.807, 2.05) is 58.0 Å². The minimum atomic E-state index is -1.09. The van der Waals surface area contributed by atoms with Gasteiger partial charge < -0.3 is 21.5 Å². The first-order valence-corrected chi connectivity index (χ1v) is 9.78. The molecule has 0 heterocycles. The third kappa shape index (κ3) is 7.68. The van der Waals surface area contributed by atoms with Crippen LogP contribution in [0.5, 0.6) is 0 Å². The Kier molecular flexibility index (Phi) is 9.65. The lowest BCUT2D eigenvalue weighted by molar-refractivity contribution is -0.143. The first-order valence-electron chi connectivity index (χ1n) is 9.78. The van der Waals surface area contributed by atoms with Crippen LogP contribution in [0.4, 0.5) is 0 Å². The van der Waals surface area contributed by atoms with Gasteiger partial charge in [-0.2, -0.15) is 0 Å². The van der Waals surface area contributed by atoms with Crippen molar-refractivity contribution in [2.75, 3.05) is 0 Å². The van der Waals surface area contributed by atoms with Crippen molar-refractivity contribution in [2.45, 2.75) is 65.1 Å². The Labute approximate surface area is 167 Å². The maximum absolute atomic E-state index is 12.7. The quantitative estimate of drug-likeness (QED) is 0.457. The van der Waals surface area contributed by atoms with Crippen molar-refractivity contribution < 1.29 is 19.5 Å². The summed E-state index contributed by atoms with van der Waals surface area (Å²) in [5, 5.41) is 14.6. The maximum Gasteiger partial charge on any atom is 0.326 e. The number of carboxylic acids is 1. The van der Waals surface area contributed by atoms with Gasteiger partial charge in [0, 0.05) is 0 Å². The molecule has 2 amide bonds. The molecule has 0 aliphatic heterocycles. The van der Waals surface area contributed by atoms with Gasteiger partial charge >= 0.3 is 5.97 Å². The first kappa shape index (κ1) is 23.6. The zero-order valence-electron chi connectivity index (χ0n) is 17.1. The Morgan fingerprint density at radius 1 is 1.04 bits per heavy atom. The smallest absolute Gasteiger partial charge is 0.326 e. The van der Waals surface area contributed by atoms with E-state index in [0.717, 1.165) is 5.56 Å². The summed E-state index contributed by atoms with van der Waals surface area (Å²) in [6.45, 7) is 7.52. The Balaban J connectivity index is 2.81. The second-order valence-corrected chi connectivity index (χ2v) is 7.70. The van der Waals surface area contributed by atoms with Crippen LogP contribution in [0, 0.1) is 11.8 Å². The third-order valence-corrected chi connectivity index (χ3v) is 4.75. The summed E-state index contributed by atoms with van der Waals surface area (Å²) >= 11 is 0. The number of hydrogen-bond acceptors (Lipinski definition) is 4. The number of carboxylic acid groups (broad SMARTS) is 1. The number of amides is 2. The Morgan fingerprint density at radius 3 is 2.14 bits per heavy atom. The molecule has 28 heavy (non-hydrogen) atoms. The van der Waals surface area contributed by atoms with Gasteiger partial charge in [-0.1, -0.05) is 64.4 Å². The van der Waals surface area contributed by atoms with Gasteiger partial charge in [-0.15, -0.1) is 0 Å². The standard InChI is InChI=1S/C21H33N3O4/c1-5-14(4)18(20(26)23-17(21(27)28)11-13(2)3)24-19(25)16(22)12-15-9-7-6-8-10-15/h6-10,13-14,16-18H,5,11-12,22H2,1-4H3,(H,23,26)(H,24,25)(H,27,28)/t14-,16-,17-,18-/m0/s1. The molecule has 0 aliphatic rings. The molecule has 0 spiro atoms. The number of nitrogens with two attached hydrogens (primary N) is 1. The molecule has 0 unspecified atom stereocenters. The summed E-state index contributed by atoms with van der Waals surface area (Å²) in [6, 6.07) is 6.76. The lowest BCUT2D eigenvalue weighted by Crippen LogP contribution is -2.57. The van der Waals surface area contributed by atoms with Crippen molar-refractivity contribution >= 4 is 17.8 Å². The van der Waals surface area contributed by atoms with Crippen LogP contribution in [0.2, 0.25) is 0 Å². The number of nitrogens with one attached hydrogen (secondary N) is 2. The van der Waals surface area contributed by atoms with Gasteiger partial charge in [-0.3, -0.25) is 9.59 Å². The summed E-state index contributed by atoms with van der Waals surface area (Å²) in [4.78, 5) is 36.7. The van der Waals surface area contributed by atoms with Crippen LogP contribution in [-0.2, 0) is 20.8 Å². The van der Waals surface area contributed by atoms with E-state index in [2.05, 4.69) is 10.6 Å². The van der Waals surface area contributed by atoms with E-state index in [0.29, 0.717) is 19.3 Å². The average Bonchev–Trinajstić information content (AvgIpc) is 2.64. The molecule has 1 aromatic carbocycles. The minimum absolute atomic E-state index is 0.109. The van der Waals surface area contributed by atoms with Crippen LogP contribution < -0.4 is 16.4 Å². The van der Waals surface area contributed by atoms with Gasteiger partial charge in [0.25, 0.3) is 0 Å². The van der Waals surface area contributed by atoms with E-state index in [1.54, 1.807) is 0 Å². The van der Waals surface area contributed by atoms with E-state index in [1.165, 1.54) is 0 Å². The number of hydrogen-bond donors (Lipinski definition) is 4. The Bertz CT molecular complexity index is 648. The lowest BCUT2D eigenvalue weighted by Gasteiger charge is -2.27. The topological polar surface area (TPSA) is 122 Å². The second-order valence-electron chi connectivity index (χ2n) is 7.70. The highest BCUT2D eigenvalue weighted by Gasteiger charge is 2.31. The summed E-state index contributed by atoms with van der Waals surface area (Å²) in [6.07, 6.45) is 1.32. The summed E-state index contributed by atoms with van der Waals surface area (Å²) in [7, 11) is 0. The van der Waals surface area contributed by atoms with Crippen molar-refractivity contribution in [2.24, 2.45) is 17.6 Å². The molecule has 0 fully saturated rings. The molecule has 1 aromatic rings. The molecule has 1 rings (SSSR count).